The first kappa shape index (κ1) is 18.2. The summed E-state index contributed by atoms with van der Waals surface area (Å²) < 4.78 is 0. The van der Waals surface area contributed by atoms with Gasteiger partial charge >= 0.3 is 0 Å². The smallest absolute Gasteiger partial charge is 0.275 e. The standard InChI is InChI=1S/C23H20N6O/c30-23(21-15-24-19-5-1-2-6-20(19)26-21)25-17-9-7-16(8-10-17)18-11-12-22(28-27-18)29-13-3-4-14-29/h1-2,5-12,15H,3-4,13-14H2,(H,25,30). The number of benzene rings is 2. The van der Waals surface area contributed by atoms with Crippen molar-refractivity contribution in [2.45, 2.75) is 12.8 Å². The maximum atomic E-state index is 12.5. The molecule has 7 heteroatoms. The van der Waals surface area contributed by atoms with Crippen LogP contribution in [0.15, 0.2) is 66.9 Å². The molecule has 148 valence electrons. The largest absolute Gasteiger partial charge is 0.355 e. The average molecular weight is 396 g/mol. The van der Waals surface area contributed by atoms with E-state index >= 15 is 0 Å². The van der Waals surface area contributed by atoms with E-state index in [1.54, 1.807) is 0 Å². The fourth-order valence-electron chi connectivity index (χ4n) is 3.58. The topological polar surface area (TPSA) is 83.9 Å². The molecule has 7 nitrogen and oxygen atoms in total. The van der Waals surface area contributed by atoms with Crippen LogP contribution in [-0.4, -0.2) is 39.2 Å². The molecule has 0 spiro atoms. The van der Waals surface area contributed by atoms with E-state index in [0.717, 1.165) is 35.7 Å². The highest BCUT2D eigenvalue weighted by Gasteiger charge is 2.14. The minimum absolute atomic E-state index is 0.279. The zero-order valence-corrected chi connectivity index (χ0v) is 16.3. The van der Waals surface area contributed by atoms with Gasteiger partial charge in [-0.1, -0.05) is 24.3 Å². The summed E-state index contributed by atoms with van der Waals surface area (Å²) in [6.45, 7) is 2.09. The maximum absolute atomic E-state index is 12.5. The third-order valence-corrected chi connectivity index (χ3v) is 5.20. The summed E-state index contributed by atoms with van der Waals surface area (Å²) in [6, 6.07) is 19.0. The summed E-state index contributed by atoms with van der Waals surface area (Å²) in [5.74, 6) is 0.632. The van der Waals surface area contributed by atoms with Crippen LogP contribution in [0.25, 0.3) is 22.3 Å². The van der Waals surface area contributed by atoms with Gasteiger partial charge in [0.1, 0.15) is 5.69 Å². The Balaban J connectivity index is 1.29. The lowest BCUT2D eigenvalue weighted by atomic mass is 10.1. The predicted octanol–water partition coefficient (Wildman–Crippen LogP) is 3.94. The molecule has 3 heterocycles. The number of nitrogens with zero attached hydrogens (tertiary/aromatic N) is 5. The zero-order chi connectivity index (χ0) is 20.3. The van der Waals surface area contributed by atoms with Gasteiger partial charge in [-0.05, 0) is 49.2 Å². The third kappa shape index (κ3) is 3.69. The van der Waals surface area contributed by atoms with Gasteiger partial charge in [-0.2, -0.15) is 0 Å². The number of carbonyl (C=O) groups is 1. The molecule has 1 aliphatic rings. The van der Waals surface area contributed by atoms with Crippen LogP contribution < -0.4 is 10.2 Å². The fourth-order valence-corrected chi connectivity index (χ4v) is 3.58. The molecule has 1 N–H and O–H groups in total. The molecule has 5 rings (SSSR count). The molecule has 0 atom stereocenters. The number of aromatic nitrogens is 4. The second kappa shape index (κ2) is 7.87. The number of carbonyl (C=O) groups excluding carboxylic acids is 1. The van der Waals surface area contributed by atoms with Gasteiger partial charge in [0, 0.05) is 24.3 Å². The van der Waals surface area contributed by atoms with Crippen LogP contribution in [0, 0.1) is 0 Å². The van der Waals surface area contributed by atoms with Crippen molar-refractivity contribution in [1.82, 2.24) is 20.2 Å². The van der Waals surface area contributed by atoms with Gasteiger partial charge in [0.15, 0.2) is 5.82 Å². The SMILES string of the molecule is O=C(Nc1ccc(-c2ccc(N3CCCC3)nn2)cc1)c1cnc2ccccc2n1. The number of anilines is 2. The van der Waals surface area contributed by atoms with Gasteiger partial charge in [0.25, 0.3) is 5.91 Å². The van der Waals surface area contributed by atoms with Crippen LogP contribution in [-0.2, 0) is 0 Å². The zero-order valence-electron chi connectivity index (χ0n) is 16.3. The third-order valence-electron chi connectivity index (χ3n) is 5.20. The van der Waals surface area contributed by atoms with E-state index in [4.69, 9.17) is 0 Å². The number of fused-ring (bicyclic) bond motifs is 1. The second-order valence-electron chi connectivity index (χ2n) is 7.25. The number of nitrogens with one attached hydrogen (secondary N) is 1. The Kier molecular flexibility index (Phi) is 4.77. The molecular weight excluding hydrogens is 376 g/mol. The van der Waals surface area contributed by atoms with Crippen LogP contribution in [0.5, 0.6) is 0 Å². The number of amides is 1. The molecule has 1 fully saturated rings. The van der Waals surface area contributed by atoms with E-state index in [0.29, 0.717) is 11.2 Å². The van der Waals surface area contributed by atoms with E-state index in [2.05, 4.69) is 30.4 Å². The number of hydrogen-bond donors (Lipinski definition) is 1. The first-order valence-corrected chi connectivity index (χ1v) is 9.98. The molecule has 2 aromatic carbocycles. The Labute approximate surface area is 173 Å². The predicted molar refractivity (Wildman–Crippen MR) is 116 cm³/mol. The number of rotatable bonds is 4. The Hall–Kier alpha value is -3.87. The van der Waals surface area contributed by atoms with Crippen molar-refractivity contribution < 1.29 is 4.79 Å². The fraction of sp³-hybridized carbons (Fsp3) is 0.174. The second-order valence-corrected chi connectivity index (χ2v) is 7.25. The van der Waals surface area contributed by atoms with Crippen LogP contribution in [0.3, 0.4) is 0 Å². The summed E-state index contributed by atoms with van der Waals surface area (Å²) in [6.07, 6.45) is 3.91. The van der Waals surface area contributed by atoms with Gasteiger partial charge in [0.05, 0.1) is 22.9 Å². The van der Waals surface area contributed by atoms with E-state index < -0.39 is 0 Å². The molecular formula is C23H20N6O. The highest BCUT2D eigenvalue weighted by Crippen LogP contribution is 2.22. The van der Waals surface area contributed by atoms with Crippen LogP contribution >= 0.6 is 0 Å². The number of hydrogen-bond acceptors (Lipinski definition) is 6. The molecule has 30 heavy (non-hydrogen) atoms. The van der Waals surface area contributed by atoms with Gasteiger partial charge in [-0.15, -0.1) is 10.2 Å². The summed E-state index contributed by atoms with van der Waals surface area (Å²) in [4.78, 5) is 23.5. The van der Waals surface area contributed by atoms with E-state index in [1.807, 2.05) is 60.7 Å². The minimum Gasteiger partial charge on any atom is -0.355 e. The first-order chi connectivity index (χ1) is 14.8. The minimum atomic E-state index is -0.296. The summed E-state index contributed by atoms with van der Waals surface area (Å²) in [5, 5.41) is 11.6. The summed E-state index contributed by atoms with van der Waals surface area (Å²) in [5.41, 5.74) is 4.16. The monoisotopic (exact) mass is 396 g/mol. The highest BCUT2D eigenvalue weighted by atomic mass is 16.1. The molecule has 1 aliphatic heterocycles. The Morgan fingerprint density at radius 1 is 0.867 bits per heavy atom. The summed E-state index contributed by atoms with van der Waals surface area (Å²) >= 11 is 0. The molecule has 0 unspecified atom stereocenters. The van der Waals surface area contributed by atoms with E-state index in [-0.39, 0.29) is 11.6 Å². The van der Waals surface area contributed by atoms with Crippen molar-refractivity contribution in [3.05, 3.63) is 72.6 Å². The average Bonchev–Trinajstić information content (AvgIpc) is 3.34. The molecule has 0 aliphatic carbocycles. The van der Waals surface area contributed by atoms with Gasteiger partial charge in [-0.25, -0.2) is 4.98 Å². The lowest BCUT2D eigenvalue weighted by Gasteiger charge is -2.15. The van der Waals surface area contributed by atoms with Crippen molar-refractivity contribution >= 4 is 28.4 Å². The molecule has 4 aromatic rings. The normalized spacial score (nSPS) is 13.5. The molecule has 1 amide bonds. The molecule has 0 saturated carbocycles. The molecule has 0 radical (unpaired) electrons. The Bertz CT molecular complexity index is 1180. The Morgan fingerprint density at radius 3 is 2.37 bits per heavy atom. The van der Waals surface area contributed by atoms with Crippen LogP contribution in [0.1, 0.15) is 23.3 Å². The summed E-state index contributed by atoms with van der Waals surface area (Å²) in [7, 11) is 0. The van der Waals surface area contributed by atoms with Crippen molar-refractivity contribution in [3.63, 3.8) is 0 Å². The molecule has 1 saturated heterocycles. The lowest BCUT2D eigenvalue weighted by molar-refractivity contribution is 0.102. The van der Waals surface area contributed by atoms with E-state index in [1.165, 1.54) is 19.0 Å². The van der Waals surface area contributed by atoms with Crippen molar-refractivity contribution in [2.75, 3.05) is 23.3 Å². The molecule has 0 bridgehead atoms. The van der Waals surface area contributed by atoms with Crippen LogP contribution in [0.4, 0.5) is 11.5 Å². The quantitative estimate of drug-likeness (QED) is 0.563. The van der Waals surface area contributed by atoms with Gasteiger partial charge < -0.3 is 10.2 Å². The molecule has 2 aromatic heterocycles. The first-order valence-electron chi connectivity index (χ1n) is 9.98. The Morgan fingerprint density at radius 2 is 1.63 bits per heavy atom. The lowest BCUT2D eigenvalue weighted by Crippen LogP contribution is -2.19. The van der Waals surface area contributed by atoms with Crippen molar-refractivity contribution in [3.8, 4) is 11.3 Å². The maximum Gasteiger partial charge on any atom is 0.275 e. The van der Waals surface area contributed by atoms with E-state index in [9.17, 15) is 4.79 Å². The van der Waals surface area contributed by atoms with Crippen LogP contribution in [0.2, 0.25) is 0 Å². The highest BCUT2D eigenvalue weighted by molar-refractivity contribution is 6.03. The van der Waals surface area contributed by atoms with Gasteiger partial charge in [0.2, 0.25) is 0 Å². The van der Waals surface area contributed by atoms with Crippen molar-refractivity contribution in [1.29, 1.82) is 0 Å². The van der Waals surface area contributed by atoms with Crippen molar-refractivity contribution in [2.24, 2.45) is 0 Å². The van der Waals surface area contributed by atoms with Gasteiger partial charge in [-0.3, -0.25) is 9.78 Å². The number of para-hydroxylation sites is 2.